The summed E-state index contributed by atoms with van der Waals surface area (Å²) in [6, 6.07) is 10.8. The van der Waals surface area contributed by atoms with Gasteiger partial charge in [0.2, 0.25) is 0 Å². The molecule has 7 nitrogen and oxygen atoms in total. The van der Waals surface area contributed by atoms with E-state index in [1.807, 2.05) is 0 Å². The van der Waals surface area contributed by atoms with Crippen LogP contribution in [0.15, 0.2) is 42.5 Å². The summed E-state index contributed by atoms with van der Waals surface area (Å²) >= 11 is 6.04. The molecule has 0 unspecified atom stereocenters. The summed E-state index contributed by atoms with van der Waals surface area (Å²) in [6.45, 7) is 1.78. The third-order valence-electron chi connectivity index (χ3n) is 3.42. The number of nitro benzene ring substituents is 1. The number of amides is 1. The molecule has 2 aromatic carbocycles. The van der Waals surface area contributed by atoms with Gasteiger partial charge in [-0.1, -0.05) is 30.7 Å². The van der Waals surface area contributed by atoms with Crippen molar-refractivity contribution in [3.05, 3.63) is 57.6 Å². The van der Waals surface area contributed by atoms with E-state index in [2.05, 4.69) is 5.32 Å². The van der Waals surface area contributed by atoms with E-state index in [9.17, 15) is 14.9 Å². The third-order valence-corrected chi connectivity index (χ3v) is 3.73. The SMILES string of the molecule is CC[C@H](Oc1ccccc1Cl)C(=O)Nc1cc([N+](=O)[O-])ccc1OC. The van der Waals surface area contributed by atoms with E-state index in [1.54, 1.807) is 31.2 Å². The van der Waals surface area contributed by atoms with E-state index in [4.69, 9.17) is 21.1 Å². The van der Waals surface area contributed by atoms with Gasteiger partial charge in [-0.05, 0) is 24.6 Å². The fourth-order valence-electron chi connectivity index (χ4n) is 2.14. The first-order valence-electron chi connectivity index (χ1n) is 7.50. The Morgan fingerprint density at radius 1 is 1.28 bits per heavy atom. The number of hydrogen-bond acceptors (Lipinski definition) is 5. The molecule has 2 aromatic rings. The highest BCUT2D eigenvalue weighted by molar-refractivity contribution is 6.32. The predicted octanol–water partition coefficient (Wildman–Crippen LogP) is 4.05. The van der Waals surface area contributed by atoms with Gasteiger partial charge in [0.05, 0.1) is 22.7 Å². The molecule has 0 aliphatic heterocycles. The molecule has 25 heavy (non-hydrogen) atoms. The number of hydrogen-bond donors (Lipinski definition) is 1. The summed E-state index contributed by atoms with van der Waals surface area (Å²) in [7, 11) is 1.41. The van der Waals surface area contributed by atoms with Crippen molar-refractivity contribution in [2.24, 2.45) is 0 Å². The Balaban J connectivity index is 2.20. The van der Waals surface area contributed by atoms with E-state index in [0.29, 0.717) is 22.9 Å². The molecule has 0 radical (unpaired) electrons. The summed E-state index contributed by atoms with van der Waals surface area (Å²) < 4.78 is 10.8. The fraction of sp³-hybridized carbons (Fsp3) is 0.235. The lowest BCUT2D eigenvalue weighted by Gasteiger charge is -2.18. The number of nitro groups is 1. The molecule has 0 saturated carbocycles. The molecule has 0 bridgehead atoms. The fourth-order valence-corrected chi connectivity index (χ4v) is 2.32. The van der Waals surface area contributed by atoms with Crippen molar-refractivity contribution in [2.45, 2.75) is 19.4 Å². The first kappa shape index (κ1) is 18.5. The molecule has 1 atom stereocenters. The molecule has 0 aliphatic rings. The van der Waals surface area contributed by atoms with Gasteiger partial charge in [-0.2, -0.15) is 0 Å². The van der Waals surface area contributed by atoms with Crippen molar-refractivity contribution in [3.63, 3.8) is 0 Å². The molecule has 0 heterocycles. The number of benzene rings is 2. The van der Waals surface area contributed by atoms with Gasteiger partial charge in [0, 0.05) is 12.1 Å². The second kappa shape index (κ2) is 8.34. The minimum atomic E-state index is -0.816. The zero-order valence-corrected chi connectivity index (χ0v) is 14.4. The minimum absolute atomic E-state index is 0.156. The molecule has 8 heteroatoms. The minimum Gasteiger partial charge on any atom is -0.495 e. The van der Waals surface area contributed by atoms with Crippen LogP contribution in [0, 0.1) is 10.1 Å². The molecule has 0 spiro atoms. The average molecular weight is 365 g/mol. The van der Waals surface area contributed by atoms with Crippen molar-refractivity contribution in [1.29, 1.82) is 0 Å². The smallest absolute Gasteiger partial charge is 0.271 e. The Morgan fingerprint density at radius 2 is 2.00 bits per heavy atom. The van der Waals surface area contributed by atoms with Crippen LogP contribution >= 0.6 is 11.6 Å². The number of nitrogens with one attached hydrogen (secondary N) is 1. The van der Waals surface area contributed by atoms with Crippen LogP contribution in [0.2, 0.25) is 5.02 Å². The Hall–Kier alpha value is -2.80. The number of non-ortho nitro benzene ring substituents is 1. The van der Waals surface area contributed by atoms with Gasteiger partial charge < -0.3 is 14.8 Å². The molecule has 0 aliphatic carbocycles. The highest BCUT2D eigenvalue weighted by Gasteiger charge is 2.22. The lowest BCUT2D eigenvalue weighted by molar-refractivity contribution is -0.384. The van der Waals surface area contributed by atoms with Gasteiger partial charge in [-0.15, -0.1) is 0 Å². The van der Waals surface area contributed by atoms with Crippen molar-refractivity contribution >= 4 is 28.9 Å². The summed E-state index contributed by atoms with van der Waals surface area (Å²) in [5.74, 6) is 0.241. The first-order valence-corrected chi connectivity index (χ1v) is 7.88. The lowest BCUT2D eigenvalue weighted by Crippen LogP contribution is -2.32. The average Bonchev–Trinajstić information content (AvgIpc) is 2.60. The Bertz CT molecular complexity index is 781. The number of methoxy groups -OCH3 is 1. The first-order chi connectivity index (χ1) is 12.0. The Morgan fingerprint density at radius 3 is 2.60 bits per heavy atom. The van der Waals surface area contributed by atoms with E-state index >= 15 is 0 Å². The topological polar surface area (TPSA) is 90.7 Å². The maximum absolute atomic E-state index is 12.5. The monoisotopic (exact) mass is 364 g/mol. The number of carbonyl (C=O) groups excluding carboxylic acids is 1. The van der Waals surface area contributed by atoms with Crippen molar-refractivity contribution in [2.75, 3.05) is 12.4 Å². The zero-order chi connectivity index (χ0) is 18.4. The molecule has 0 saturated heterocycles. The number of anilines is 1. The zero-order valence-electron chi connectivity index (χ0n) is 13.7. The second-order valence-corrected chi connectivity index (χ2v) is 5.48. The summed E-state index contributed by atoms with van der Waals surface area (Å²) in [5, 5.41) is 13.9. The van der Waals surface area contributed by atoms with E-state index < -0.39 is 16.9 Å². The highest BCUT2D eigenvalue weighted by Crippen LogP contribution is 2.30. The lowest BCUT2D eigenvalue weighted by atomic mass is 10.2. The van der Waals surface area contributed by atoms with Crippen LogP contribution in [-0.4, -0.2) is 24.0 Å². The third kappa shape index (κ3) is 4.60. The number of carbonyl (C=O) groups is 1. The van der Waals surface area contributed by atoms with Crippen molar-refractivity contribution in [1.82, 2.24) is 0 Å². The van der Waals surface area contributed by atoms with Crippen LogP contribution in [0.1, 0.15) is 13.3 Å². The maximum atomic E-state index is 12.5. The summed E-state index contributed by atoms with van der Waals surface area (Å²) in [5.41, 5.74) is 0.0408. The second-order valence-electron chi connectivity index (χ2n) is 5.08. The Kier molecular flexibility index (Phi) is 6.19. The molecular formula is C17H17ClN2O5. The van der Waals surface area contributed by atoms with Gasteiger partial charge >= 0.3 is 0 Å². The molecule has 1 N–H and O–H groups in total. The van der Waals surface area contributed by atoms with E-state index in [1.165, 1.54) is 25.3 Å². The summed E-state index contributed by atoms with van der Waals surface area (Å²) in [6.07, 6.45) is -0.433. The molecule has 0 aromatic heterocycles. The van der Waals surface area contributed by atoms with E-state index in [-0.39, 0.29) is 11.4 Å². The van der Waals surface area contributed by atoms with Crippen LogP contribution in [-0.2, 0) is 4.79 Å². The number of ether oxygens (including phenoxy) is 2. The number of rotatable bonds is 7. The van der Waals surface area contributed by atoms with Crippen LogP contribution < -0.4 is 14.8 Å². The van der Waals surface area contributed by atoms with Crippen LogP contribution in [0.3, 0.4) is 0 Å². The quantitative estimate of drug-likeness (QED) is 0.591. The van der Waals surface area contributed by atoms with Gasteiger partial charge in [0.15, 0.2) is 6.10 Å². The van der Waals surface area contributed by atoms with Gasteiger partial charge in [-0.25, -0.2) is 0 Å². The largest absolute Gasteiger partial charge is 0.495 e. The normalized spacial score (nSPS) is 11.5. The molecule has 1 amide bonds. The molecule has 132 valence electrons. The highest BCUT2D eigenvalue weighted by atomic mass is 35.5. The standard InChI is InChI=1S/C17H17ClN2O5/c1-3-14(25-15-7-5-4-6-12(15)18)17(21)19-13-10-11(20(22)23)8-9-16(13)24-2/h4-10,14H,3H2,1-2H3,(H,19,21)/t14-/m0/s1. The van der Waals surface area contributed by atoms with Crippen LogP contribution in [0.25, 0.3) is 0 Å². The maximum Gasteiger partial charge on any atom is 0.271 e. The van der Waals surface area contributed by atoms with Gasteiger partial charge in [-0.3, -0.25) is 14.9 Å². The summed E-state index contributed by atoms with van der Waals surface area (Å²) in [4.78, 5) is 22.9. The molecule has 2 rings (SSSR count). The van der Waals surface area contributed by atoms with Gasteiger partial charge in [0.25, 0.3) is 11.6 Å². The van der Waals surface area contributed by atoms with Crippen LogP contribution in [0.4, 0.5) is 11.4 Å². The van der Waals surface area contributed by atoms with Crippen molar-refractivity contribution in [3.8, 4) is 11.5 Å². The number of halogens is 1. The van der Waals surface area contributed by atoms with Crippen molar-refractivity contribution < 1.29 is 19.2 Å². The molecular weight excluding hydrogens is 348 g/mol. The Labute approximate surface area is 149 Å². The predicted molar refractivity (Wildman–Crippen MR) is 94.4 cm³/mol. The number of nitrogens with zero attached hydrogens (tertiary/aromatic N) is 1. The van der Waals surface area contributed by atoms with Crippen LogP contribution in [0.5, 0.6) is 11.5 Å². The molecule has 0 fully saturated rings. The number of para-hydroxylation sites is 1. The van der Waals surface area contributed by atoms with E-state index in [0.717, 1.165) is 0 Å². The van der Waals surface area contributed by atoms with Gasteiger partial charge in [0.1, 0.15) is 11.5 Å².